The Morgan fingerprint density at radius 3 is 2.95 bits per heavy atom. The van der Waals surface area contributed by atoms with Gasteiger partial charge in [0.05, 0.1) is 16.0 Å². The Kier molecular flexibility index (Phi) is 4.16. The SMILES string of the molecule is Cc1nnc(SCC(=O)Nc2nc3ccccc3s2)[nH]c1=O. The van der Waals surface area contributed by atoms with Crippen LogP contribution in [0.15, 0.2) is 34.2 Å². The van der Waals surface area contributed by atoms with E-state index in [1.54, 1.807) is 6.92 Å². The second-order valence-corrected chi connectivity index (χ2v) is 6.36. The number of fused-ring (bicyclic) bond motifs is 1. The van der Waals surface area contributed by atoms with Gasteiger partial charge in [-0.15, -0.1) is 10.2 Å². The van der Waals surface area contributed by atoms with E-state index in [0.717, 1.165) is 22.0 Å². The first-order valence-electron chi connectivity index (χ1n) is 6.33. The van der Waals surface area contributed by atoms with Gasteiger partial charge in [-0.2, -0.15) is 0 Å². The summed E-state index contributed by atoms with van der Waals surface area (Å²) in [5, 5.41) is 11.1. The highest BCUT2D eigenvalue weighted by Crippen LogP contribution is 2.25. The molecule has 1 aromatic carbocycles. The Balaban J connectivity index is 1.62. The zero-order valence-corrected chi connectivity index (χ0v) is 13.1. The summed E-state index contributed by atoms with van der Waals surface area (Å²) >= 11 is 2.53. The fourth-order valence-electron chi connectivity index (χ4n) is 1.66. The van der Waals surface area contributed by atoms with E-state index in [-0.39, 0.29) is 17.2 Å². The molecule has 0 aliphatic heterocycles. The first-order valence-corrected chi connectivity index (χ1v) is 8.14. The lowest BCUT2D eigenvalue weighted by Crippen LogP contribution is -2.17. The second kappa shape index (κ2) is 6.24. The molecule has 0 saturated carbocycles. The van der Waals surface area contributed by atoms with Crippen LogP contribution in [0.25, 0.3) is 10.2 Å². The number of rotatable bonds is 4. The minimum absolute atomic E-state index is 0.115. The van der Waals surface area contributed by atoms with Gasteiger partial charge in [0.2, 0.25) is 5.91 Å². The molecule has 2 aromatic heterocycles. The predicted molar refractivity (Wildman–Crippen MR) is 86.4 cm³/mol. The molecule has 112 valence electrons. The van der Waals surface area contributed by atoms with Crippen LogP contribution in [0.2, 0.25) is 0 Å². The lowest BCUT2D eigenvalue weighted by Gasteiger charge is -2.01. The number of nitrogens with one attached hydrogen (secondary N) is 2. The summed E-state index contributed by atoms with van der Waals surface area (Å²) in [6.45, 7) is 1.57. The van der Waals surface area contributed by atoms with Crippen molar-refractivity contribution in [2.45, 2.75) is 12.1 Å². The third kappa shape index (κ3) is 3.31. The first kappa shape index (κ1) is 14.7. The van der Waals surface area contributed by atoms with Gasteiger partial charge in [0.15, 0.2) is 10.3 Å². The van der Waals surface area contributed by atoms with Crippen LogP contribution >= 0.6 is 23.1 Å². The number of aromatic nitrogens is 4. The number of para-hydroxylation sites is 1. The van der Waals surface area contributed by atoms with Gasteiger partial charge >= 0.3 is 0 Å². The zero-order chi connectivity index (χ0) is 15.5. The van der Waals surface area contributed by atoms with E-state index < -0.39 is 0 Å². The van der Waals surface area contributed by atoms with Crippen molar-refractivity contribution in [3.8, 4) is 0 Å². The molecule has 0 aliphatic carbocycles. The number of hydrogen-bond acceptors (Lipinski definition) is 7. The van der Waals surface area contributed by atoms with E-state index in [9.17, 15) is 9.59 Å². The van der Waals surface area contributed by atoms with Gasteiger partial charge in [0.25, 0.3) is 5.56 Å². The molecule has 2 heterocycles. The third-order valence-corrected chi connectivity index (χ3v) is 4.54. The summed E-state index contributed by atoms with van der Waals surface area (Å²) in [5.74, 6) is -0.101. The Morgan fingerprint density at radius 2 is 2.18 bits per heavy atom. The molecule has 22 heavy (non-hydrogen) atoms. The van der Waals surface area contributed by atoms with E-state index >= 15 is 0 Å². The lowest BCUT2D eigenvalue weighted by molar-refractivity contribution is -0.113. The Bertz CT molecular complexity index is 856. The van der Waals surface area contributed by atoms with Crippen LogP contribution in [-0.2, 0) is 4.79 Å². The van der Waals surface area contributed by atoms with Gasteiger partial charge in [-0.3, -0.25) is 14.6 Å². The summed E-state index contributed by atoms with van der Waals surface area (Å²) in [5.41, 5.74) is 0.844. The monoisotopic (exact) mass is 333 g/mol. The molecular formula is C13H11N5O2S2. The fraction of sp³-hybridized carbons (Fsp3) is 0.154. The molecule has 3 rings (SSSR count). The van der Waals surface area contributed by atoms with Crippen LogP contribution in [0.3, 0.4) is 0 Å². The minimum atomic E-state index is -0.302. The number of nitrogens with zero attached hydrogens (tertiary/aromatic N) is 3. The van der Waals surface area contributed by atoms with Gasteiger partial charge < -0.3 is 5.32 Å². The van der Waals surface area contributed by atoms with Crippen LogP contribution in [0.5, 0.6) is 0 Å². The van der Waals surface area contributed by atoms with Gasteiger partial charge in [-0.25, -0.2) is 4.98 Å². The molecule has 0 bridgehead atoms. The van der Waals surface area contributed by atoms with E-state index in [4.69, 9.17) is 0 Å². The molecule has 9 heteroatoms. The van der Waals surface area contributed by atoms with Crippen molar-refractivity contribution in [1.82, 2.24) is 20.2 Å². The molecule has 0 aliphatic rings. The van der Waals surface area contributed by atoms with Crippen molar-refractivity contribution in [3.05, 3.63) is 40.3 Å². The largest absolute Gasteiger partial charge is 0.301 e. The molecule has 0 fully saturated rings. The standard InChI is InChI=1S/C13H11N5O2S2/c1-7-11(20)16-13(18-17-7)21-6-10(19)15-12-14-8-4-2-3-5-9(8)22-12/h2-5H,6H2,1H3,(H,14,15,19)(H,16,18,20). The van der Waals surface area contributed by atoms with Crippen molar-refractivity contribution in [1.29, 1.82) is 0 Å². The number of thiazole rings is 1. The average Bonchev–Trinajstić information content (AvgIpc) is 2.90. The lowest BCUT2D eigenvalue weighted by atomic mass is 10.3. The van der Waals surface area contributed by atoms with Gasteiger partial charge in [-0.1, -0.05) is 35.2 Å². The molecule has 2 N–H and O–H groups in total. The molecular weight excluding hydrogens is 322 g/mol. The highest BCUT2D eigenvalue weighted by Gasteiger charge is 2.09. The first-order chi connectivity index (χ1) is 10.6. The number of aryl methyl sites for hydroxylation is 1. The van der Waals surface area contributed by atoms with Crippen LogP contribution < -0.4 is 10.9 Å². The maximum absolute atomic E-state index is 11.9. The van der Waals surface area contributed by atoms with Crippen molar-refractivity contribution in [2.24, 2.45) is 0 Å². The van der Waals surface area contributed by atoms with E-state index in [2.05, 4.69) is 25.5 Å². The van der Waals surface area contributed by atoms with Gasteiger partial charge in [0, 0.05) is 0 Å². The maximum atomic E-state index is 11.9. The fourth-order valence-corrected chi connectivity index (χ4v) is 3.14. The number of carbonyl (C=O) groups excluding carboxylic acids is 1. The summed E-state index contributed by atoms with van der Waals surface area (Å²) in [6.07, 6.45) is 0. The predicted octanol–water partition coefficient (Wildman–Crippen LogP) is 1.81. The van der Waals surface area contributed by atoms with Crippen LogP contribution in [0, 0.1) is 6.92 Å². The van der Waals surface area contributed by atoms with Crippen molar-refractivity contribution in [2.75, 3.05) is 11.1 Å². The average molecular weight is 333 g/mol. The van der Waals surface area contributed by atoms with Gasteiger partial charge in [0.1, 0.15) is 5.69 Å². The van der Waals surface area contributed by atoms with Crippen LogP contribution in [-0.4, -0.2) is 31.8 Å². The molecule has 0 spiro atoms. The van der Waals surface area contributed by atoms with E-state index in [1.165, 1.54) is 11.3 Å². The van der Waals surface area contributed by atoms with E-state index in [0.29, 0.717) is 16.0 Å². The summed E-state index contributed by atoms with van der Waals surface area (Å²) in [7, 11) is 0. The molecule has 3 aromatic rings. The maximum Gasteiger partial charge on any atom is 0.273 e. The van der Waals surface area contributed by atoms with Crippen molar-refractivity contribution in [3.63, 3.8) is 0 Å². The number of carbonyl (C=O) groups is 1. The normalized spacial score (nSPS) is 10.8. The number of amides is 1. The molecule has 7 nitrogen and oxygen atoms in total. The molecule has 0 radical (unpaired) electrons. The molecule has 0 unspecified atom stereocenters. The summed E-state index contributed by atoms with van der Waals surface area (Å²) in [4.78, 5) is 30.2. The Morgan fingerprint density at radius 1 is 1.36 bits per heavy atom. The highest BCUT2D eigenvalue weighted by molar-refractivity contribution is 7.99. The zero-order valence-electron chi connectivity index (χ0n) is 11.5. The quantitative estimate of drug-likeness (QED) is 0.706. The molecule has 0 atom stereocenters. The Labute approximate surface area is 133 Å². The number of aromatic amines is 1. The van der Waals surface area contributed by atoms with Crippen molar-refractivity contribution >= 4 is 44.4 Å². The number of H-pyrrole nitrogens is 1. The minimum Gasteiger partial charge on any atom is -0.301 e. The molecule has 1 amide bonds. The van der Waals surface area contributed by atoms with Crippen LogP contribution in [0.1, 0.15) is 5.69 Å². The van der Waals surface area contributed by atoms with E-state index in [1.807, 2.05) is 24.3 Å². The van der Waals surface area contributed by atoms with Crippen LogP contribution in [0.4, 0.5) is 5.13 Å². The third-order valence-electron chi connectivity index (χ3n) is 2.72. The molecule has 0 saturated heterocycles. The summed E-state index contributed by atoms with van der Waals surface area (Å²) in [6, 6.07) is 7.66. The Hall–Kier alpha value is -2.26. The topological polar surface area (TPSA) is 101 Å². The second-order valence-electron chi connectivity index (χ2n) is 4.37. The number of benzene rings is 1. The smallest absolute Gasteiger partial charge is 0.273 e. The van der Waals surface area contributed by atoms with Gasteiger partial charge in [-0.05, 0) is 19.1 Å². The van der Waals surface area contributed by atoms with Crippen molar-refractivity contribution < 1.29 is 4.79 Å². The summed E-state index contributed by atoms with van der Waals surface area (Å²) < 4.78 is 1.01. The number of anilines is 1. The number of thioether (sulfide) groups is 1. The number of hydrogen-bond donors (Lipinski definition) is 2. The highest BCUT2D eigenvalue weighted by atomic mass is 32.2.